The van der Waals surface area contributed by atoms with E-state index in [0.29, 0.717) is 4.99 Å². The van der Waals surface area contributed by atoms with Gasteiger partial charge in [0.05, 0.1) is 5.69 Å². The number of phenols is 1. The molecule has 0 spiro atoms. The standard InChI is InChI=1S/C15H16N2OS/c1-10-6-7-14(13(8-10)15(16)19)17(2)11-4-3-5-12(18)9-11/h3-9,18H,1-2H3,(H2,16,19). The van der Waals surface area contributed by atoms with Gasteiger partial charge in [-0.1, -0.05) is 29.9 Å². The number of rotatable bonds is 3. The Morgan fingerprint density at radius 3 is 2.58 bits per heavy atom. The van der Waals surface area contributed by atoms with Gasteiger partial charge >= 0.3 is 0 Å². The molecule has 2 aromatic carbocycles. The van der Waals surface area contributed by atoms with Crippen LogP contribution in [-0.2, 0) is 0 Å². The van der Waals surface area contributed by atoms with Crippen molar-refractivity contribution in [3.8, 4) is 5.75 Å². The zero-order chi connectivity index (χ0) is 14.0. The number of hydrogen-bond donors (Lipinski definition) is 2. The van der Waals surface area contributed by atoms with Crippen molar-refractivity contribution in [1.82, 2.24) is 0 Å². The summed E-state index contributed by atoms with van der Waals surface area (Å²) >= 11 is 5.11. The van der Waals surface area contributed by atoms with E-state index in [4.69, 9.17) is 18.0 Å². The molecule has 0 saturated heterocycles. The molecule has 0 aliphatic rings. The molecule has 0 fully saturated rings. The van der Waals surface area contributed by atoms with E-state index >= 15 is 0 Å². The first-order valence-electron chi connectivity index (χ1n) is 5.92. The summed E-state index contributed by atoms with van der Waals surface area (Å²) in [6.45, 7) is 2.00. The number of hydrogen-bond acceptors (Lipinski definition) is 3. The molecule has 3 N–H and O–H groups in total. The molecule has 98 valence electrons. The molecule has 0 aliphatic carbocycles. The van der Waals surface area contributed by atoms with Crippen molar-refractivity contribution in [2.45, 2.75) is 6.92 Å². The highest BCUT2D eigenvalue weighted by Crippen LogP contribution is 2.29. The second kappa shape index (κ2) is 5.28. The van der Waals surface area contributed by atoms with Crippen molar-refractivity contribution in [3.05, 3.63) is 53.6 Å². The van der Waals surface area contributed by atoms with Crippen molar-refractivity contribution in [3.63, 3.8) is 0 Å². The van der Waals surface area contributed by atoms with Gasteiger partial charge in [-0.2, -0.15) is 0 Å². The van der Waals surface area contributed by atoms with Gasteiger partial charge in [0.15, 0.2) is 0 Å². The zero-order valence-electron chi connectivity index (χ0n) is 10.9. The predicted molar refractivity (Wildman–Crippen MR) is 83.2 cm³/mol. The summed E-state index contributed by atoms with van der Waals surface area (Å²) in [5.41, 5.74) is 9.52. The maximum atomic E-state index is 9.55. The quantitative estimate of drug-likeness (QED) is 0.843. The van der Waals surface area contributed by atoms with E-state index in [1.165, 1.54) is 0 Å². The highest BCUT2D eigenvalue weighted by atomic mass is 32.1. The number of nitrogens with two attached hydrogens (primary N) is 1. The van der Waals surface area contributed by atoms with Gasteiger partial charge in [-0.05, 0) is 31.2 Å². The Labute approximate surface area is 118 Å². The molecule has 4 heteroatoms. The Morgan fingerprint density at radius 2 is 1.95 bits per heavy atom. The van der Waals surface area contributed by atoms with Crippen LogP contribution in [0.3, 0.4) is 0 Å². The van der Waals surface area contributed by atoms with Crippen molar-refractivity contribution < 1.29 is 5.11 Å². The second-order valence-corrected chi connectivity index (χ2v) is 4.90. The molecule has 0 unspecified atom stereocenters. The lowest BCUT2D eigenvalue weighted by Crippen LogP contribution is -2.17. The van der Waals surface area contributed by atoms with Crippen LogP contribution in [-0.4, -0.2) is 17.1 Å². The van der Waals surface area contributed by atoms with E-state index in [-0.39, 0.29) is 5.75 Å². The van der Waals surface area contributed by atoms with Crippen LogP contribution in [0.5, 0.6) is 5.75 Å². The molecule has 0 aromatic heterocycles. The Hall–Kier alpha value is -2.07. The molecule has 0 bridgehead atoms. The maximum absolute atomic E-state index is 9.55. The summed E-state index contributed by atoms with van der Waals surface area (Å²) in [5.74, 6) is 0.230. The largest absolute Gasteiger partial charge is 0.508 e. The van der Waals surface area contributed by atoms with Gasteiger partial charge in [0.2, 0.25) is 0 Å². The summed E-state index contributed by atoms with van der Waals surface area (Å²) < 4.78 is 0. The molecular weight excluding hydrogens is 256 g/mol. The van der Waals surface area contributed by atoms with E-state index in [0.717, 1.165) is 22.5 Å². The molecule has 3 nitrogen and oxygen atoms in total. The van der Waals surface area contributed by atoms with Gasteiger partial charge in [0, 0.05) is 24.4 Å². The van der Waals surface area contributed by atoms with E-state index in [1.54, 1.807) is 18.2 Å². The molecule has 0 atom stereocenters. The van der Waals surface area contributed by atoms with E-state index in [1.807, 2.05) is 43.1 Å². The first kappa shape index (κ1) is 13.4. The molecule has 2 aromatic rings. The highest BCUT2D eigenvalue weighted by molar-refractivity contribution is 7.80. The fourth-order valence-electron chi connectivity index (χ4n) is 1.98. The van der Waals surface area contributed by atoms with Crippen LogP contribution in [0.15, 0.2) is 42.5 Å². The number of anilines is 2. The summed E-state index contributed by atoms with van der Waals surface area (Å²) in [5, 5.41) is 9.55. The Morgan fingerprint density at radius 1 is 1.21 bits per heavy atom. The van der Waals surface area contributed by atoms with Crippen LogP contribution in [0.1, 0.15) is 11.1 Å². The minimum Gasteiger partial charge on any atom is -0.508 e. The van der Waals surface area contributed by atoms with Crippen molar-refractivity contribution >= 4 is 28.6 Å². The van der Waals surface area contributed by atoms with Crippen molar-refractivity contribution in [1.29, 1.82) is 0 Å². The molecule has 0 amide bonds. The third kappa shape index (κ3) is 2.85. The van der Waals surface area contributed by atoms with Gasteiger partial charge in [-0.15, -0.1) is 0 Å². The molecule has 19 heavy (non-hydrogen) atoms. The zero-order valence-corrected chi connectivity index (χ0v) is 11.7. The van der Waals surface area contributed by atoms with Crippen molar-refractivity contribution in [2.75, 3.05) is 11.9 Å². The summed E-state index contributed by atoms with van der Waals surface area (Å²) in [6, 6.07) is 13.0. The van der Waals surface area contributed by atoms with E-state index in [2.05, 4.69) is 0 Å². The first-order valence-corrected chi connectivity index (χ1v) is 6.33. The summed E-state index contributed by atoms with van der Waals surface area (Å²) in [4.78, 5) is 2.32. The topological polar surface area (TPSA) is 49.5 Å². The van der Waals surface area contributed by atoms with Crippen LogP contribution in [0, 0.1) is 6.92 Å². The summed E-state index contributed by atoms with van der Waals surface area (Å²) in [7, 11) is 1.92. The third-order valence-electron chi connectivity index (χ3n) is 3.00. The van der Waals surface area contributed by atoms with Crippen LogP contribution < -0.4 is 10.6 Å². The highest BCUT2D eigenvalue weighted by Gasteiger charge is 2.11. The van der Waals surface area contributed by atoms with Gasteiger partial charge in [-0.3, -0.25) is 0 Å². The Kier molecular flexibility index (Phi) is 3.71. The smallest absolute Gasteiger partial charge is 0.117 e. The summed E-state index contributed by atoms with van der Waals surface area (Å²) in [6.07, 6.45) is 0. The molecule has 0 radical (unpaired) electrons. The molecule has 0 aliphatic heterocycles. The fourth-order valence-corrected chi connectivity index (χ4v) is 2.14. The van der Waals surface area contributed by atoms with Crippen LogP contribution >= 0.6 is 12.2 Å². The SMILES string of the molecule is Cc1ccc(N(C)c2cccc(O)c2)c(C(N)=S)c1. The molecule has 0 heterocycles. The number of thiocarbonyl (C=S) groups is 1. The fraction of sp³-hybridized carbons (Fsp3) is 0.133. The average Bonchev–Trinajstić information content (AvgIpc) is 2.37. The molecular formula is C15H16N2OS. The van der Waals surface area contributed by atoms with E-state index in [9.17, 15) is 5.11 Å². The van der Waals surface area contributed by atoms with Gasteiger partial charge in [-0.25, -0.2) is 0 Å². The first-order chi connectivity index (χ1) is 8.99. The van der Waals surface area contributed by atoms with Gasteiger partial charge in [0.1, 0.15) is 10.7 Å². The Bertz CT molecular complexity index is 625. The molecule has 2 rings (SSSR count). The lowest BCUT2D eigenvalue weighted by atomic mass is 10.1. The number of aryl methyl sites for hydroxylation is 1. The maximum Gasteiger partial charge on any atom is 0.117 e. The van der Waals surface area contributed by atoms with Crippen LogP contribution in [0.25, 0.3) is 0 Å². The molecule has 0 saturated carbocycles. The number of benzene rings is 2. The van der Waals surface area contributed by atoms with Crippen molar-refractivity contribution in [2.24, 2.45) is 5.73 Å². The van der Waals surface area contributed by atoms with E-state index < -0.39 is 0 Å². The lowest BCUT2D eigenvalue weighted by molar-refractivity contribution is 0.475. The number of phenolic OH excluding ortho intramolecular Hbond substituents is 1. The average molecular weight is 272 g/mol. The Balaban J connectivity index is 2.49. The van der Waals surface area contributed by atoms with Crippen LogP contribution in [0.2, 0.25) is 0 Å². The number of aromatic hydroxyl groups is 1. The van der Waals surface area contributed by atoms with Gasteiger partial charge in [0.25, 0.3) is 0 Å². The monoisotopic (exact) mass is 272 g/mol. The van der Waals surface area contributed by atoms with Crippen LogP contribution in [0.4, 0.5) is 11.4 Å². The normalized spacial score (nSPS) is 10.2. The predicted octanol–water partition coefficient (Wildman–Crippen LogP) is 3.10. The third-order valence-corrected chi connectivity index (χ3v) is 3.22. The van der Waals surface area contributed by atoms with Gasteiger partial charge < -0.3 is 15.7 Å². The number of nitrogens with zero attached hydrogens (tertiary/aromatic N) is 1. The minimum atomic E-state index is 0.230. The lowest BCUT2D eigenvalue weighted by Gasteiger charge is -2.22. The second-order valence-electron chi connectivity index (χ2n) is 4.46. The minimum absolute atomic E-state index is 0.230.